The van der Waals surface area contributed by atoms with Gasteiger partial charge in [-0.15, -0.1) is 5.10 Å². The van der Waals surface area contributed by atoms with Gasteiger partial charge in [-0.25, -0.2) is 4.68 Å². The first kappa shape index (κ1) is 18.0. The quantitative estimate of drug-likeness (QED) is 0.661. The Morgan fingerprint density at radius 1 is 1.14 bits per heavy atom. The van der Waals surface area contributed by atoms with Crippen LogP contribution in [0.1, 0.15) is 22.1 Å². The second kappa shape index (κ2) is 7.72. The zero-order chi connectivity index (χ0) is 19.5. The van der Waals surface area contributed by atoms with Crippen LogP contribution in [0.2, 0.25) is 0 Å². The molecule has 0 radical (unpaired) electrons. The van der Waals surface area contributed by atoms with Crippen LogP contribution in [-0.2, 0) is 6.61 Å². The maximum atomic E-state index is 12.7. The minimum atomic E-state index is 0.0488. The van der Waals surface area contributed by atoms with Crippen molar-refractivity contribution >= 4 is 11.6 Å². The van der Waals surface area contributed by atoms with E-state index in [4.69, 9.17) is 4.74 Å². The molecule has 3 aromatic rings. The second-order valence-electron chi connectivity index (χ2n) is 7.10. The summed E-state index contributed by atoms with van der Waals surface area (Å²) in [5.74, 6) is 0.852. The second-order valence-corrected chi connectivity index (χ2v) is 7.10. The molecule has 0 atom stereocenters. The topological polar surface area (TPSA) is 63.5 Å². The van der Waals surface area contributed by atoms with E-state index in [9.17, 15) is 4.79 Å². The smallest absolute Gasteiger partial charge is 0.254 e. The monoisotopic (exact) mass is 377 g/mol. The lowest BCUT2D eigenvalue weighted by Gasteiger charge is -2.39. The Bertz CT molecular complexity index is 948. The number of para-hydroxylation sites is 1. The van der Waals surface area contributed by atoms with E-state index in [-0.39, 0.29) is 11.9 Å². The number of hydrogen-bond acceptors (Lipinski definition) is 5. The van der Waals surface area contributed by atoms with E-state index in [0.29, 0.717) is 25.3 Å². The fraction of sp³-hybridized carbons (Fsp3) is 0.286. The lowest BCUT2D eigenvalue weighted by Crippen LogP contribution is -2.50. The van der Waals surface area contributed by atoms with Gasteiger partial charge in [0.2, 0.25) is 0 Å². The SMILES string of the molecule is CN(C)c1cccc(C(=O)N2CC(n3cc(COc4ccccc4)nn3)C2)c1. The summed E-state index contributed by atoms with van der Waals surface area (Å²) in [4.78, 5) is 16.5. The Kier molecular flexibility index (Phi) is 4.97. The van der Waals surface area contributed by atoms with Crippen molar-refractivity contribution in [3.05, 3.63) is 72.1 Å². The van der Waals surface area contributed by atoms with Gasteiger partial charge in [0.1, 0.15) is 18.1 Å². The number of rotatable bonds is 6. The van der Waals surface area contributed by atoms with Gasteiger partial charge < -0.3 is 14.5 Å². The van der Waals surface area contributed by atoms with Crippen molar-refractivity contribution in [1.29, 1.82) is 0 Å². The summed E-state index contributed by atoms with van der Waals surface area (Å²) in [6.45, 7) is 1.64. The van der Waals surface area contributed by atoms with Gasteiger partial charge in [0.25, 0.3) is 5.91 Å². The molecule has 0 unspecified atom stereocenters. The number of likely N-dealkylation sites (tertiary alicyclic amines) is 1. The van der Waals surface area contributed by atoms with E-state index >= 15 is 0 Å². The Hall–Kier alpha value is -3.35. The van der Waals surface area contributed by atoms with E-state index < -0.39 is 0 Å². The van der Waals surface area contributed by atoms with Crippen molar-refractivity contribution in [3.8, 4) is 5.75 Å². The maximum Gasteiger partial charge on any atom is 0.254 e. The van der Waals surface area contributed by atoms with E-state index in [1.807, 2.05) is 89.4 Å². The first-order valence-corrected chi connectivity index (χ1v) is 9.25. The van der Waals surface area contributed by atoms with Crippen LogP contribution in [0.15, 0.2) is 60.8 Å². The average Bonchev–Trinajstić information content (AvgIpc) is 3.14. The van der Waals surface area contributed by atoms with Gasteiger partial charge in [0.05, 0.1) is 12.2 Å². The predicted octanol–water partition coefficient (Wildman–Crippen LogP) is 2.62. The molecule has 0 N–H and O–H groups in total. The third-order valence-corrected chi connectivity index (χ3v) is 4.82. The molecule has 1 aliphatic heterocycles. The number of hydrogen-bond donors (Lipinski definition) is 0. The van der Waals surface area contributed by atoms with Crippen LogP contribution >= 0.6 is 0 Å². The molecule has 0 spiro atoms. The zero-order valence-electron chi connectivity index (χ0n) is 16.0. The highest BCUT2D eigenvalue weighted by atomic mass is 16.5. The number of carbonyl (C=O) groups is 1. The van der Waals surface area contributed by atoms with Crippen molar-refractivity contribution in [2.75, 3.05) is 32.1 Å². The van der Waals surface area contributed by atoms with Gasteiger partial charge in [0.15, 0.2) is 0 Å². The number of ether oxygens (including phenoxy) is 1. The number of aromatic nitrogens is 3. The van der Waals surface area contributed by atoms with Gasteiger partial charge in [-0.2, -0.15) is 0 Å². The third-order valence-electron chi connectivity index (χ3n) is 4.82. The molecule has 2 aromatic carbocycles. The van der Waals surface area contributed by atoms with Crippen molar-refractivity contribution in [2.24, 2.45) is 0 Å². The standard InChI is InChI=1S/C21H23N5O2/c1-24(2)18-8-6-7-16(11-18)21(27)25-13-19(14-25)26-12-17(22-23-26)15-28-20-9-4-3-5-10-20/h3-12,19H,13-15H2,1-2H3. The molecule has 1 aliphatic rings. The molecule has 144 valence electrons. The van der Waals surface area contributed by atoms with Gasteiger partial charge >= 0.3 is 0 Å². The molecule has 7 nitrogen and oxygen atoms in total. The highest BCUT2D eigenvalue weighted by Crippen LogP contribution is 2.24. The van der Waals surface area contributed by atoms with Crippen LogP contribution in [0.3, 0.4) is 0 Å². The first-order valence-electron chi connectivity index (χ1n) is 9.25. The number of carbonyl (C=O) groups excluding carboxylic acids is 1. The lowest BCUT2D eigenvalue weighted by molar-refractivity contribution is 0.0498. The Morgan fingerprint density at radius 3 is 2.68 bits per heavy atom. The average molecular weight is 377 g/mol. The molecule has 1 amide bonds. The molecular weight excluding hydrogens is 354 g/mol. The van der Waals surface area contributed by atoms with Crippen LogP contribution in [0.5, 0.6) is 5.75 Å². The van der Waals surface area contributed by atoms with E-state index in [1.54, 1.807) is 0 Å². The van der Waals surface area contributed by atoms with E-state index in [1.165, 1.54) is 0 Å². The number of anilines is 1. The van der Waals surface area contributed by atoms with Crippen molar-refractivity contribution in [1.82, 2.24) is 19.9 Å². The highest BCUT2D eigenvalue weighted by molar-refractivity contribution is 5.95. The number of benzene rings is 2. The van der Waals surface area contributed by atoms with Crippen molar-refractivity contribution < 1.29 is 9.53 Å². The Balaban J connectivity index is 1.32. The molecule has 0 aliphatic carbocycles. The minimum Gasteiger partial charge on any atom is -0.487 e. The summed E-state index contributed by atoms with van der Waals surface area (Å²) in [7, 11) is 3.93. The molecule has 1 fully saturated rings. The summed E-state index contributed by atoms with van der Waals surface area (Å²) in [5.41, 5.74) is 2.50. The minimum absolute atomic E-state index is 0.0488. The molecule has 1 saturated heterocycles. The molecule has 4 rings (SSSR count). The predicted molar refractivity (Wildman–Crippen MR) is 107 cm³/mol. The first-order chi connectivity index (χ1) is 13.6. The molecule has 1 aromatic heterocycles. The summed E-state index contributed by atoms with van der Waals surface area (Å²) < 4.78 is 7.52. The molecular formula is C21H23N5O2. The fourth-order valence-electron chi connectivity index (χ4n) is 3.12. The van der Waals surface area contributed by atoms with Gasteiger partial charge in [0, 0.05) is 38.4 Å². The molecule has 0 bridgehead atoms. The van der Waals surface area contributed by atoms with Crippen LogP contribution in [0.25, 0.3) is 0 Å². The van der Waals surface area contributed by atoms with Crippen LogP contribution in [0, 0.1) is 0 Å². The van der Waals surface area contributed by atoms with Gasteiger partial charge in [-0.3, -0.25) is 4.79 Å². The third kappa shape index (κ3) is 3.83. The summed E-state index contributed by atoms with van der Waals surface area (Å²) in [6.07, 6.45) is 1.89. The molecule has 28 heavy (non-hydrogen) atoms. The number of nitrogens with zero attached hydrogens (tertiary/aromatic N) is 5. The van der Waals surface area contributed by atoms with Crippen LogP contribution in [0.4, 0.5) is 5.69 Å². The summed E-state index contributed by atoms with van der Waals surface area (Å²) >= 11 is 0. The maximum absolute atomic E-state index is 12.7. The fourth-order valence-corrected chi connectivity index (χ4v) is 3.12. The summed E-state index contributed by atoms with van der Waals surface area (Å²) in [6, 6.07) is 17.5. The summed E-state index contributed by atoms with van der Waals surface area (Å²) in [5, 5.41) is 8.37. The van der Waals surface area contributed by atoms with E-state index in [2.05, 4.69) is 10.3 Å². The van der Waals surface area contributed by atoms with Crippen molar-refractivity contribution in [3.63, 3.8) is 0 Å². The van der Waals surface area contributed by atoms with Crippen molar-refractivity contribution in [2.45, 2.75) is 12.6 Å². The van der Waals surface area contributed by atoms with Crippen LogP contribution < -0.4 is 9.64 Å². The highest BCUT2D eigenvalue weighted by Gasteiger charge is 2.33. The van der Waals surface area contributed by atoms with Gasteiger partial charge in [-0.1, -0.05) is 29.5 Å². The Morgan fingerprint density at radius 2 is 1.93 bits per heavy atom. The van der Waals surface area contributed by atoms with Crippen LogP contribution in [-0.4, -0.2) is 53.0 Å². The zero-order valence-corrected chi connectivity index (χ0v) is 16.0. The Labute approximate surface area is 164 Å². The number of amides is 1. The van der Waals surface area contributed by atoms with Gasteiger partial charge in [-0.05, 0) is 30.3 Å². The largest absolute Gasteiger partial charge is 0.487 e. The van der Waals surface area contributed by atoms with E-state index in [0.717, 1.165) is 17.1 Å². The molecule has 0 saturated carbocycles. The molecule has 7 heteroatoms. The lowest BCUT2D eigenvalue weighted by atomic mass is 10.1. The molecule has 2 heterocycles. The normalized spacial score (nSPS) is 13.9.